The van der Waals surface area contributed by atoms with Gasteiger partial charge in [0.05, 0.1) is 0 Å². The maximum atomic E-state index is 5.53. The highest BCUT2D eigenvalue weighted by Gasteiger charge is 1.96. The van der Waals surface area contributed by atoms with Gasteiger partial charge in [0.15, 0.2) is 0 Å². The number of pyridine rings is 1. The lowest BCUT2D eigenvalue weighted by Crippen LogP contribution is -1.96. The molecule has 0 saturated carbocycles. The van der Waals surface area contributed by atoms with Crippen molar-refractivity contribution in [1.82, 2.24) is 4.98 Å². The summed E-state index contributed by atoms with van der Waals surface area (Å²) in [6, 6.07) is 13.7. The van der Waals surface area contributed by atoms with Gasteiger partial charge in [-0.25, -0.2) is 4.98 Å². The summed E-state index contributed by atoms with van der Waals surface area (Å²) in [6.07, 6.45) is 1.71. The number of rotatable bonds is 3. The van der Waals surface area contributed by atoms with E-state index in [1.807, 2.05) is 42.5 Å². The molecule has 0 aliphatic rings. The van der Waals surface area contributed by atoms with E-state index in [4.69, 9.17) is 4.74 Å². The molecule has 1 aromatic heterocycles. The third kappa shape index (κ3) is 3.06. The summed E-state index contributed by atoms with van der Waals surface area (Å²) in [6.45, 7) is 0.546. The Morgan fingerprint density at radius 3 is 2.67 bits per heavy atom. The minimum Gasteiger partial charge on any atom is -0.473 e. The van der Waals surface area contributed by atoms with Crippen LogP contribution in [0.5, 0.6) is 5.88 Å². The lowest BCUT2D eigenvalue weighted by molar-refractivity contribution is 0.293. The Morgan fingerprint density at radius 2 is 1.93 bits per heavy atom. The highest BCUT2D eigenvalue weighted by molar-refractivity contribution is 9.10. The first-order chi connectivity index (χ1) is 7.34. The smallest absolute Gasteiger partial charge is 0.214 e. The molecule has 0 saturated heterocycles. The van der Waals surface area contributed by atoms with Crippen LogP contribution in [0.1, 0.15) is 5.56 Å². The highest BCUT2D eigenvalue weighted by atomic mass is 79.9. The van der Waals surface area contributed by atoms with E-state index in [1.165, 1.54) is 0 Å². The second-order valence-corrected chi connectivity index (χ2v) is 4.00. The van der Waals surface area contributed by atoms with Crippen molar-refractivity contribution in [2.75, 3.05) is 0 Å². The van der Waals surface area contributed by atoms with Crippen LogP contribution in [0, 0.1) is 0 Å². The average molecular weight is 264 g/mol. The van der Waals surface area contributed by atoms with Gasteiger partial charge in [-0.15, -0.1) is 0 Å². The highest BCUT2D eigenvalue weighted by Crippen LogP contribution is 2.15. The third-order valence-corrected chi connectivity index (χ3v) is 2.42. The van der Waals surface area contributed by atoms with E-state index in [9.17, 15) is 0 Å². The first kappa shape index (κ1) is 10.2. The van der Waals surface area contributed by atoms with Crippen LogP contribution in [0.3, 0.4) is 0 Å². The molecule has 0 aliphatic carbocycles. The minimum atomic E-state index is 0.546. The Morgan fingerprint density at radius 1 is 1.13 bits per heavy atom. The van der Waals surface area contributed by atoms with E-state index < -0.39 is 0 Å². The van der Waals surface area contributed by atoms with E-state index in [2.05, 4.69) is 20.9 Å². The lowest BCUT2D eigenvalue weighted by atomic mass is 10.2. The van der Waals surface area contributed by atoms with Crippen LogP contribution < -0.4 is 4.74 Å². The van der Waals surface area contributed by atoms with Crippen molar-refractivity contribution < 1.29 is 4.74 Å². The normalized spacial score (nSPS) is 9.93. The van der Waals surface area contributed by atoms with Gasteiger partial charge in [0.1, 0.15) is 6.61 Å². The molecule has 2 nitrogen and oxygen atoms in total. The van der Waals surface area contributed by atoms with E-state index in [1.54, 1.807) is 6.20 Å². The number of hydrogen-bond acceptors (Lipinski definition) is 2. The Hall–Kier alpha value is -1.35. The van der Waals surface area contributed by atoms with Gasteiger partial charge in [0.25, 0.3) is 0 Å². The van der Waals surface area contributed by atoms with Crippen molar-refractivity contribution >= 4 is 15.9 Å². The summed E-state index contributed by atoms with van der Waals surface area (Å²) in [5.74, 6) is 0.633. The lowest BCUT2D eigenvalue weighted by Gasteiger charge is -2.04. The Bertz CT molecular complexity index is 431. The van der Waals surface area contributed by atoms with Crippen LogP contribution in [-0.2, 0) is 6.61 Å². The number of ether oxygens (including phenoxy) is 1. The maximum absolute atomic E-state index is 5.53. The molecule has 0 fully saturated rings. The van der Waals surface area contributed by atoms with Crippen LogP contribution in [0.2, 0.25) is 0 Å². The summed E-state index contributed by atoms with van der Waals surface area (Å²) in [4.78, 5) is 4.10. The molecular formula is C12H10BrNO. The van der Waals surface area contributed by atoms with Crippen molar-refractivity contribution in [2.24, 2.45) is 0 Å². The fourth-order valence-electron chi connectivity index (χ4n) is 1.20. The molecule has 0 amide bonds. The fourth-order valence-corrected chi connectivity index (χ4v) is 1.51. The Balaban J connectivity index is 1.99. The van der Waals surface area contributed by atoms with E-state index in [0.717, 1.165) is 10.0 Å². The molecule has 3 heteroatoms. The van der Waals surface area contributed by atoms with Crippen LogP contribution in [0.15, 0.2) is 53.1 Å². The monoisotopic (exact) mass is 263 g/mol. The second kappa shape index (κ2) is 4.94. The third-order valence-electron chi connectivity index (χ3n) is 1.93. The molecule has 0 radical (unpaired) electrons. The zero-order chi connectivity index (χ0) is 10.5. The molecule has 1 aromatic carbocycles. The molecule has 0 N–H and O–H groups in total. The van der Waals surface area contributed by atoms with Crippen molar-refractivity contribution in [2.45, 2.75) is 6.61 Å². The largest absolute Gasteiger partial charge is 0.473 e. The summed E-state index contributed by atoms with van der Waals surface area (Å²) >= 11 is 3.37. The Labute approximate surface area is 97.1 Å². The number of benzene rings is 1. The molecule has 0 atom stereocenters. The molecule has 1 heterocycles. The molecule has 0 aliphatic heterocycles. The number of hydrogen-bond donors (Lipinski definition) is 0. The molecule has 0 bridgehead atoms. The minimum absolute atomic E-state index is 0.546. The fraction of sp³-hybridized carbons (Fsp3) is 0.0833. The topological polar surface area (TPSA) is 22.1 Å². The van der Waals surface area contributed by atoms with Crippen molar-refractivity contribution in [3.8, 4) is 5.88 Å². The summed E-state index contributed by atoms with van der Waals surface area (Å²) < 4.78 is 6.50. The zero-order valence-corrected chi connectivity index (χ0v) is 9.65. The summed E-state index contributed by atoms with van der Waals surface area (Å²) in [5, 5.41) is 0. The van der Waals surface area contributed by atoms with Gasteiger partial charge in [-0.05, 0) is 11.6 Å². The van der Waals surface area contributed by atoms with Gasteiger partial charge in [-0.1, -0.05) is 46.3 Å². The van der Waals surface area contributed by atoms with Gasteiger partial charge in [-0.3, -0.25) is 0 Å². The molecule has 0 spiro atoms. The van der Waals surface area contributed by atoms with E-state index in [-0.39, 0.29) is 0 Å². The predicted octanol–water partition coefficient (Wildman–Crippen LogP) is 3.42. The van der Waals surface area contributed by atoms with Crippen LogP contribution in [-0.4, -0.2) is 4.98 Å². The van der Waals surface area contributed by atoms with Crippen molar-refractivity contribution in [3.05, 3.63) is 58.7 Å². The number of halogens is 1. The average Bonchev–Trinajstić information content (AvgIpc) is 2.28. The molecule has 0 unspecified atom stereocenters. The molecule has 15 heavy (non-hydrogen) atoms. The number of nitrogens with zero attached hydrogens (tertiary/aromatic N) is 1. The predicted molar refractivity (Wildman–Crippen MR) is 62.7 cm³/mol. The first-order valence-corrected chi connectivity index (χ1v) is 5.42. The van der Waals surface area contributed by atoms with Crippen LogP contribution >= 0.6 is 15.9 Å². The van der Waals surface area contributed by atoms with Gasteiger partial charge < -0.3 is 4.74 Å². The van der Waals surface area contributed by atoms with Crippen LogP contribution in [0.25, 0.3) is 0 Å². The van der Waals surface area contributed by atoms with Gasteiger partial charge >= 0.3 is 0 Å². The van der Waals surface area contributed by atoms with Crippen molar-refractivity contribution in [1.29, 1.82) is 0 Å². The maximum Gasteiger partial charge on any atom is 0.214 e. The van der Waals surface area contributed by atoms with Crippen LogP contribution in [0.4, 0.5) is 0 Å². The first-order valence-electron chi connectivity index (χ1n) is 4.63. The molecular weight excluding hydrogens is 254 g/mol. The van der Waals surface area contributed by atoms with Crippen molar-refractivity contribution in [3.63, 3.8) is 0 Å². The zero-order valence-electron chi connectivity index (χ0n) is 8.06. The second-order valence-electron chi connectivity index (χ2n) is 3.09. The summed E-state index contributed by atoms with van der Waals surface area (Å²) in [7, 11) is 0. The quantitative estimate of drug-likeness (QED) is 0.847. The van der Waals surface area contributed by atoms with Gasteiger partial charge in [-0.2, -0.15) is 0 Å². The molecule has 2 rings (SSSR count). The summed E-state index contributed by atoms with van der Waals surface area (Å²) in [5.41, 5.74) is 1.14. The number of aromatic nitrogens is 1. The van der Waals surface area contributed by atoms with E-state index >= 15 is 0 Å². The SMILES string of the molecule is Brc1ccnc(OCc2ccccc2)c1. The molecule has 76 valence electrons. The van der Waals surface area contributed by atoms with Gasteiger partial charge in [0.2, 0.25) is 5.88 Å². The molecule has 2 aromatic rings. The standard InChI is InChI=1S/C12H10BrNO/c13-11-6-7-14-12(8-11)15-9-10-4-2-1-3-5-10/h1-8H,9H2. The van der Waals surface area contributed by atoms with Gasteiger partial charge in [0, 0.05) is 16.7 Å². The Kier molecular flexibility index (Phi) is 3.35. The van der Waals surface area contributed by atoms with E-state index in [0.29, 0.717) is 12.5 Å².